The van der Waals surface area contributed by atoms with Crippen LogP contribution in [0.2, 0.25) is 0 Å². The zero-order valence-electron chi connectivity index (χ0n) is 18.6. The van der Waals surface area contributed by atoms with Crippen LogP contribution in [0.1, 0.15) is 47.2 Å². The van der Waals surface area contributed by atoms with Crippen LogP contribution in [0.3, 0.4) is 0 Å². The van der Waals surface area contributed by atoms with Crippen molar-refractivity contribution < 1.29 is 9.59 Å². The zero-order valence-corrected chi connectivity index (χ0v) is 18.6. The highest BCUT2D eigenvalue weighted by Gasteiger charge is 2.46. The van der Waals surface area contributed by atoms with Gasteiger partial charge in [0.05, 0.1) is 23.1 Å². The number of hydrogen-bond acceptors (Lipinski definition) is 5. The summed E-state index contributed by atoms with van der Waals surface area (Å²) in [6.45, 7) is 2.04. The molecule has 32 heavy (non-hydrogen) atoms. The van der Waals surface area contributed by atoms with Crippen molar-refractivity contribution in [3.63, 3.8) is 0 Å². The lowest BCUT2D eigenvalue weighted by Gasteiger charge is -2.30. The van der Waals surface area contributed by atoms with E-state index in [-0.39, 0.29) is 35.7 Å². The lowest BCUT2D eigenvalue weighted by molar-refractivity contribution is -0.129. The van der Waals surface area contributed by atoms with Gasteiger partial charge < -0.3 is 21.5 Å². The van der Waals surface area contributed by atoms with Crippen molar-refractivity contribution >= 4 is 30.1 Å². The maximum atomic E-state index is 12.8. The molecule has 1 aliphatic rings. The first-order chi connectivity index (χ1) is 15.2. The minimum atomic E-state index is -0.601. The molecule has 1 unspecified atom stereocenters. The van der Waals surface area contributed by atoms with Crippen LogP contribution in [-0.4, -0.2) is 58.9 Å². The van der Waals surface area contributed by atoms with Gasteiger partial charge >= 0.3 is 0 Å². The van der Waals surface area contributed by atoms with Crippen LogP contribution in [0.5, 0.6) is 0 Å². The van der Waals surface area contributed by atoms with Crippen molar-refractivity contribution in [2.45, 2.75) is 37.6 Å². The number of carbonyl (C=O) groups excluding carboxylic acids is 2. The van der Waals surface area contributed by atoms with Crippen molar-refractivity contribution in [2.75, 3.05) is 14.1 Å². The van der Waals surface area contributed by atoms with Gasteiger partial charge in [-0.25, -0.2) is 0 Å². The minimum absolute atomic E-state index is 0.0398. The standard InChI is InChI=1S/C23H29N7O2/c1-23(19-8-9-19,18-6-4-15(5-7-18)16(10-24)11-25)22(26)28-21(32)17-12-27-30(13-17)14-20(31)29(2)3/h4-7,10-13,16,19,24-25H,8-9,14H2,1-3H3,(H2,26,28,32). The van der Waals surface area contributed by atoms with Gasteiger partial charge in [0.2, 0.25) is 5.91 Å². The molecule has 9 nitrogen and oxygen atoms in total. The smallest absolute Gasteiger partial charge is 0.281 e. The highest BCUT2D eigenvalue weighted by atomic mass is 16.2. The fourth-order valence-corrected chi connectivity index (χ4v) is 3.68. The largest absolute Gasteiger partial charge is 0.386 e. The zero-order chi connectivity index (χ0) is 23.5. The number of nitrogens with one attached hydrogen (secondary N) is 2. The van der Waals surface area contributed by atoms with Crippen LogP contribution in [0.15, 0.2) is 41.7 Å². The van der Waals surface area contributed by atoms with Gasteiger partial charge in [-0.3, -0.25) is 14.3 Å². The Bertz CT molecular complexity index is 1040. The second kappa shape index (κ2) is 9.25. The Morgan fingerprint density at radius 2 is 1.91 bits per heavy atom. The number of amides is 2. The number of hydrogen-bond donors (Lipinski definition) is 3. The van der Waals surface area contributed by atoms with E-state index in [1.807, 2.05) is 31.2 Å². The summed E-state index contributed by atoms with van der Waals surface area (Å²) in [7, 11) is 3.31. The summed E-state index contributed by atoms with van der Waals surface area (Å²) >= 11 is 0. The van der Waals surface area contributed by atoms with Gasteiger partial charge in [-0.2, -0.15) is 10.1 Å². The molecular weight excluding hydrogens is 406 g/mol. The second-order valence-electron chi connectivity index (χ2n) is 8.47. The van der Waals surface area contributed by atoms with Crippen LogP contribution >= 0.6 is 0 Å². The van der Waals surface area contributed by atoms with Crippen molar-refractivity contribution in [1.29, 1.82) is 10.8 Å². The molecule has 1 aromatic heterocycles. The van der Waals surface area contributed by atoms with Crippen LogP contribution in [0.4, 0.5) is 0 Å². The van der Waals surface area contributed by atoms with E-state index in [4.69, 9.17) is 16.6 Å². The second-order valence-corrected chi connectivity index (χ2v) is 8.47. The molecule has 1 aliphatic carbocycles. The molecule has 0 aliphatic heterocycles. The Hall–Kier alpha value is -3.62. The molecule has 1 saturated carbocycles. The number of amidine groups is 1. The first-order valence-corrected chi connectivity index (χ1v) is 10.4. The molecule has 1 atom stereocenters. The highest BCUT2D eigenvalue weighted by Crippen LogP contribution is 2.47. The van der Waals surface area contributed by atoms with E-state index in [0.29, 0.717) is 0 Å². The molecule has 0 spiro atoms. The highest BCUT2D eigenvalue weighted by molar-refractivity contribution is 6.06. The Kier molecular flexibility index (Phi) is 6.67. The first kappa shape index (κ1) is 23.1. The molecule has 168 valence electrons. The third kappa shape index (κ3) is 4.66. The van der Waals surface area contributed by atoms with Crippen LogP contribution in [-0.2, 0) is 16.8 Å². The number of aliphatic imine (C=N–C) groups is 1. The summed E-state index contributed by atoms with van der Waals surface area (Å²) in [5, 5.41) is 19.0. The van der Waals surface area contributed by atoms with Gasteiger partial charge in [-0.05, 0) is 36.8 Å². The molecule has 0 bridgehead atoms. The van der Waals surface area contributed by atoms with Crippen LogP contribution < -0.4 is 5.73 Å². The monoisotopic (exact) mass is 435 g/mol. The fourth-order valence-electron chi connectivity index (χ4n) is 3.68. The molecule has 9 heteroatoms. The number of likely N-dealkylation sites (N-methyl/N-ethyl adjacent to an activating group) is 1. The van der Waals surface area contributed by atoms with Crippen molar-refractivity contribution in [3.8, 4) is 0 Å². The molecule has 4 N–H and O–H groups in total. The van der Waals surface area contributed by atoms with Gasteiger partial charge in [0.25, 0.3) is 5.91 Å². The number of aromatic nitrogens is 2. The summed E-state index contributed by atoms with van der Waals surface area (Å²) < 4.78 is 1.41. The third-order valence-electron chi connectivity index (χ3n) is 6.08. The number of carbonyl (C=O) groups is 2. The predicted octanol–water partition coefficient (Wildman–Crippen LogP) is 2.22. The van der Waals surface area contributed by atoms with E-state index in [2.05, 4.69) is 10.1 Å². The number of rotatable bonds is 9. The van der Waals surface area contributed by atoms with E-state index in [1.54, 1.807) is 14.1 Å². The topological polar surface area (TPSA) is 141 Å². The van der Waals surface area contributed by atoms with Crippen molar-refractivity contribution in [3.05, 3.63) is 53.3 Å². The molecular formula is C23H29N7O2. The normalized spacial score (nSPS) is 16.7. The quantitative estimate of drug-likeness (QED) is 0.410. The fraction of sp³-hybridized carbons (Fsp3) is 0.391. The molecule has 2 amide bonds. The average Bonchev–Trinajstić information content (AvgIpc) is 3.53. The Morgan fingerprint density at radius 1 is 1.28 bits per heavy atom. The summed E-state index contributed by atoms with van der Waals surface area (Å²) in [6, 6.07) is 7.64. The number of benzene rings is 1. The van der Waals surface area contributed by atoms with Gasteiger partial charge in [0.1, 0.15) is 12.4 Å². The molecule has 1 heterocycles. The molecule has 1 fully saturated rings. The Morgan fingerprint density at radius 3 is 2.44 bits per heavy atom. The molecule has 1 aromatic carbocycles. The van der Waals surface area contributed by atoms with E-state index in [0.717, 1.165) is 24.0 Å². The van der Waals surface area contributed by atoms with Crippen molar-refractivity contribution in [2.24, 2.45) is 16.6 Å². The summed E-state index contributed by atoms with van der Waals surface area (Å²) in [4.78, 5) is 30.3. The number of nitrogens with two attached hydrogens (primary N) is 1. The lowest BCUT2D eigenvalue weighted by atomic mass is 9.76. The van der Waals surface area contributed by atoms with E-state index in [9.17, 15) is 9.59 Å². The van der Waals surface area contributed by atoms with Crippen LogP contribution in [0.25, 0.3) is 0 Å². The Balaban J connectivity index is 1.84. The predicted molar refractivity (Wildman–Crippen MR) is 124 cm³/mol. The first-order valence-electron chi connectivity index (χ1n) is 10.4. The van der Waals surface area contributed by atoms with Gasteiger partial charge in [-0.15, -0.1) is 0 Å². The summed E-state index contributed by atoms with van der Waals surface area (Å²) in [6.07, 6.45) is 7.33. The lowest BCUT2D eigenvalue weighted by Crippen LogP contribution is -2.41. The van der Waals surface area contributed by atoms with Gasteiger partial charge in [-0.1, -0.05) is 24.3 Å². The van der Waals surface area contributed by atoms with Crippen LogP contribution in [0, 0.1) is 16.7 Å². The molecule has 0 saturated heterocycles. The molecule has 2 aromatic rings. The van der Waals surface area contributed by atoms with Gasteiger partial charge in [0.15, 0.2) is 0 Å². The molecule has 3 rings (SSSR count). The number of nitrogens with zero attached hydrogens (tertiary/aromatic N) is 4. The maximum absolute atomic E-state index is 12.8. The SMILES string of the molecule is CN(C)C(=O)Cn1cc(C(=O)N=C(N)C(C)(c2ccc(C(C=N)C=N)cc2)C2CC2)cn1. The summed E-state index contributed by atoms with van der Waals surface area (Å²) in [5.74, 6) is -0.466. The minimum Gasteiger partial charge on any atom is -0.386 e. The maximum Gasteiger partial charge on any atom is 0.281 e. The summed E-state index contributed by atoms with van der Waals surface area (Å²) in [5.41, 5.74) is 7.87. The molecule has 0 radical (unpaired) electrons. The third-order valence-corrected chi connectivity index (χ3v) is 6.08. The van der Waals surface area contributed by atoms with E-state index >= 15 is 0 Å². The van der Waals surface area contributed by atoms with E-state index in [1.165, 1.54) is 34.4 Å². The van der Waals surface area contributed by atoms with Gasteiger partial charge in [0, 0.05) is 32.7 Å². The van der Waals surface area contributed by atoms with Crippen molar-refractivity contribution in [1.82, 2.24) is 14.7 Å². The average molecular weight is 436 g/mol. The Labute approximate surface area is 187 Å². The van der Waals surface area contributed by atoms with E-state index < -0.39 is 11.3 Å².